The van der Waals surface area contributed by atoms with Gasteiger partial charge in [0.25, 0.3) is 0 Å². The Balaban J connectivity index is 1.58. The number of nitrogens with zero attached hydrogens (tertiary/aromatic N) is 3. The van der Waals surface area contributed by atoms with Crippen LogP contribution in [0.15, 0.2) is 54.6 Å². The van der Waals surface area contributed by atoms with Crippen LogP contribution in [-0.2, 0) is 11.3 Å². The first kappa shape index (κ1) is 18.1. The summed E-state index contributed by atoms with van der Waals surface area (Å²) in [5.74, 6) is 1.04. The van der Waals surface area contributed by atoms with E-state index in [2.05, 4.69) is 20.9 Å². The lowest BCUT2D eigenvalue weighted by molar-refractivity contribution is -0.125. The molecule has 1 heterocycles. The maximum absolute atomic E-state index is 12.7. The zero-order valence-electron chi connectivity index (χ0n) is 15.6. The number of rotatable bonds is 7. The van der Waals surface area contributed by atoms with Gasteiger partial charge in [-0.25, -0.2) is 4.98 Å². The Labute approximate surface area is 154 Å². The highest BCUT2D eigenvalue weighted by Crippen LogP contribution is 2.18. The van der Waals surface area contributed by atoms with Gasteiger partial charge >= 0.3 is 0 Å². The predicted octanol–water partition coefficient (Wildman–Crippen LogP) is 3.15. The van der Waals surface area contributed by atoms with Gasteiger partial charge in [0.15, 0.2) is 0 Å². The summed E-state index contributed by atoms with van der Waals surface area (Å²) >= 11 is 0. The van der Waals surface area contributed by atoms with Gasteiger partial charge in [-0.3, -0.25) is 9.69 Å². The second-order valence-corrected chi connectivity index (χ2v) is 6.72. The monoisotopic (exact) mass is 350 g/mol. The molecular weight excluding hydrogens is 324 g/mol. The highest BCUT2D eigenvalue weighted by molar-refractivity contribution is 5.83. The Kier molecular flexibility index (Phi) is 5.68. The van der Waals surface area contributed by atoms with E-state index in [9.17, 15) is 4.79 Å². The molecule has 26 heavy (non-hydrogen) atoms. The molecule has 3 aromatic rings. The van der Waals surface area contributed by atoms with E-state index in [0.717, 1.165) is 35.4 Å². The van der Waals surface area contributed by atoms with E-state index in [4.69, 9.17) is 0 Å². The second-order valence-electron chi connectivity index (χ2n) is 6.72. The quantitative estimate of drug-likeness (QED) is 0.666. The third-order valence-electron chi connectivity index (χ3n) is 4.58. The Hall–Kier alpha value is -2.66. The molecule has 5 heteroatoms. The van der Waals surface area contributed by atoms with E-state index in [1.54, 1.807) is 0 Å². The maximum Gasteiger partial charge on any atom is 0.241 e. The van der Waals surface area contributed by atoms with Crippen molar-refractivity contribution in [1.29, 1.82) is 0 Å². The van der Waals surface area contributed by atoms with Crippen LogP contribution in [0.2, 0.25) is 0 Å². The van der Waals surface area contributed by atoms with Crippen molar-refractivity contribution in [3.05, 3.63) is 66.0 Å². The molecule has 1 aromatic heterocycles. The highest BCUT2D eigenvalue weighted by atomic mass is 16.2. The van der Waals surface area contributed by atoms with Crippen LogP contribution in [0.4, 0.5) is 0 Å². The maximum atomic E-state index is 12.7. The van der Waals surface area contributed by atoms with Crippen LogP contribution in [0, 0.1) is 6.92 Å². The molecule has 0 bridgehead atoms. The third kappa shape index (κ3) is 3.94. The Morgan fingerprint density at radius 3 is 2.54 bits per heavy atom. The lowest BCUT2D eigenvalue weighted by Crippen LogP contribution is -2.37. The van der Waals surface area contributed by atoms with Crippen molar-refractivity contribution in [2.45, 2.75) is 25.9 Å². The van der Waals surface area contributed by atoms with E-state index < -0.39 is 0 Å². The number of nitrogens with one attached hydrogen (secondary N) is 1. The average Bonchev–Trinajstić information content (AvgIpc) is 2.95. The second kappa shape index (κ2) is 8.15. The van der Waals surface area contributed by atoms with E-state index in [1.807, 2.05) is 74.4 Å². The minimum absolute atomic E-state index is 0.0356. The van der Waals surface area contributed by atoms with Crippen LogP contribution in [0.3, 0.4) is 0 Å². The number of imidazole rings is 1. The molecule has 0 aliphatic carbocycles. The Morgan fingerprint density at radius 1 is 1.12 bits per heavy atom. The van der Waals surface area contributed by atoms with E-state index in [-0.39, 0.29) is 11.9 Å². The van der Waals surface area contributed by atoms with E-state index >= 15 is 0 Å². The molecular formula is C21H26N4O. The van der Waals surface area contributed by atoms with Gasteiger partial charge in [-0.2, -0.15) is 0 Å². The molecule has 1 atom stereocenters. The number of likely N-dealkylation sites (N-methyl/N-ethyl adjacent to an activating group) is 1. The summed E-state index contributed by atoms with van der Waals surface area (Å²) in [6, 6.07) is 17.8. The summed E-state index contributed by atoms with van der Waals surface area (Å²) in [5, 5.41) is 3.08. The molecule has 136 valence electrons. The van der Waals surface area contributed by atoms with Gasteiger partial charge in [-0.15, -0.1) is 0 Å². The molecule has 1 N–H and O–H groups in total. The molecule has 1 amide bonds. The standard InChI is InChI=1S/C21H26N4O/c1-16-23-18-12-7-8-13-19(18)25(16)15-9-14-22-21(26)20(24(2)3)17-10-5-4-6-11-17/h4-8,10-13,20H,9,14-15H2,1-3H3,(H,22,26). The number of hydrogen-bond donors (Lipinski definition) is 1. The average molecular weight is 350 g/mol. The molecule has 2 aromatic carbocycles. The van der Waals surface area contributed by atoms with Crippen molar-refractivity contribution < 1.29 is 4.79 Å². The van der Waals surface area contributed by atoms with Crippen LogP contribution < -0.4 is 5.32 Å². The van der Waals surface area contributed by atoms with Gasteiger partial charge in [0, 0.05) is 13.1 Å². The first-order valence-corrected chi connectivity index (χ1v) is 8.99. The van der Waals surface area contributed by atoms with Crippen molar-refractivity contribution in [1.82, 2.24) is 19.8 Å². The predicted molar refractivity (Wildman–Crippen MR) is 105 cm³/mol. The lowest BCUT2D eigenvalue weighted by atomic mass is 10.1. The summed E-state index contributed by atoms with van der Waals surface area (Å²) < 4.78 is 2.21. The molecule has 0 aliphatic rings. The van der Waals surface area contributed by atoms with Gasteiger partial charge in [-0.1, -0.05) is 42.5 Å². The van der Waals surface area contributed by atoms with Crippen LogP contribution in [0.1, 0.15) is 23.9 Å². The van der Waals surface area contributed by atoms with Gasteiger partial charge in [0.2, 0.25) is 5.91 Å². The molecule has 0 saturated heterocycles. The normalized spacial score (nSPS) is 12.5. The van der Waals surface area contributed by atoms with E-state index in [0.29, 0.717) is 6.54 Å². The van der Waals surface area contributed by atoms with E-state index in [1.165, 1.54) is 0 Å². The number of aromatic nitrogens is 2. The zero-order valence-corrected chi connectivity index (χ0v) is 15.6. The van der Waals surface area contributed by atoms with Crippen molar-refractivity contribution in [2.75, 3.05) is 20.6 Å². The van der Waals surface area contributed by atoms with Crippen molar-refractivity contribution >= 4 is 16.9 Å². The van der Waals surface area contributed by atoms with Gasteiger partial charge in [-0.05, 0) is 45.1 Å². The molecule has 5 nitrogen and oxygen atoms in total. The fourth-order valence-corrected chi connectivity index (χ4v) is 3.34. The fraction of sp³-hybridized carbons (Fsp3) is 0.333. The fourth-order valence-electron chi connectivity index (χ4n) is 3.34. The van der Waals surface area contributed by atoms with Gasteiger partial charge < -0.3 is 9.88 Å². The number of fused-ring (bicyclic) bond motifs is 1. The number of para-hydroxylation sites is 2. The molecule has 0 aliphatic heterocycles. The summed E-state index contributed by atoms with van der Waals surface area (Å²) in [4.78, 5) is 19.2. The summed E-state index contributed by atoms with van der Waals surface area (Å²) in [5.41, 5.74) is 3.17. The number of hydrogen-bond acceptors (Lipinski definition) is 3. The molecule has 0 spiro atoms. The third-order valence-corrected chi connectivity index (χ3v) is 4.58. The first-order chi connectivity index (χ1) is 12.6. The van der Waals surface area contributed by atoms with Gasteiger partial charge in [0.05, 0.1) is 11.0 Å². The molecule has 3 rings (SSSR count). The van der Waals surface area contributed by atoms with Gasteiger partial charge in [0.1, 0.15) is 11.9 Å². The minimum Gasteiger partial charge on any atom is -0.354 e. The van der Waals surface area contributed by atoms with Crippen LogP contribution in [0.25, 0.3) is 11.0 Å². The smallest absolute Gasteiger partial charge is 0.241 e. The van der Waals surface area contributed by atoms with Crippen molar-refractivity contribution in [2.24, 2.45) is 0 Å². The number of amides is 1. The summed E-state index contributed by atoms with van der Waals surface area (Å²) in [6.45, 7) is 3.50. The topological polar surface area (TPSA) is 50.2 Å². The summed E-state index contributed by atoms with van der Waals surface area (Å²) in [6.07, 6.45) is 0.863. The van der Waals surface area contributed by atoms with Crippen LogP contribution >= 0.6 is 0 Å². The molecule has 0 saturated carbocycles. The Bertz CT molecular complexity index is 870. The number of aryl methyl sites for hydroxylation is 2. The summed E-state index contributed by atoms with van der Waals surface area (Å²) in [7, 11) is 3.86. The number of benzene rings is 2. The Morgan fingerprint density at radius 2 is 1.81 bits per heavy atom. The van der Waals surface area contributed by atoms with Crippen LogP contribution in [0.5, 0.6) is 0 Å². The number of carbonyl (C=O) groups excluding carboxylic acids is 1. The molecule has 0 radical (unpaired) electrons. The SMILES string of the molecule is Cc1nc2ccccc2n1CCCNC(=O)C(c1ccccc1)N(C)C. The van der Waals surface area contributed by atoms with Crippen molar-refractivity contribution in [3.63, 3.8) is 0 Å². The minimum atomic E-state index is -0.271. The van der Waals surface area contributed by atoms with Crippen LogP contribution in [-0.4, -0.2) is 41.0 Å². The zero-order chi connectivity index (χ0) is 18.5. The largest absolute Gasteiger partial charge is 0.354 e. The lowest BCUT2D eigenvalue weighted by Gasteiger charge is -2.23. The first-order valence-electron chi connectivity index (χ1n) is 8.99. The van der Waals surface area contributed by atoms with Crippen molar-refractivity contribution in [3.8, 4) is 0 Å². The molecule has 1 unspecified atom stereocenters. The molecule has 0 fully saturated rings. The highest BCUT2D eigenvalue weighted by Gasteiger charge is 2.22. The number of carbonyl (C=O) groups is 1.